The molecule has 3 aromatic rings. The second-order valence-electron chi connectivity index (χ2n) is 30.9. The van der Waals surface area contributed by atoms with Crippen molar-refractivity contribution in [2.45, 2.75) is 231 Å². The summed E-state index contributed by atoms with van der Waals surface area (Å²) < 4.78 is 42.7. The number of amides is 14. The number of nitrogens with one attached hydrogen (secondary N) is 11. The number of aromatic nitrogens is 1. The van der Waals surface area contributed by atoms with Gasteiger partial charge in [0.05, 0.1) is 6.42 Å². The van der Waals surface area contributed by atoms with Gasteiger partial charge in [0, 0.05) is 60.5 Å². The number of carbonyl (C=O) groups excluding carboxylic acids is 15. The molecule has 2 aromatic carbocycles. The van der Waals surface area contributed by atoms with Crippen LogP contribution in [0.1, 0.15) is 145 Å². The number of H-pyrrole nitrogens is 1. The van der Waals surface area contributed by atoms with E-state index in [4.69, 9.17) is 27.7 Å². The number of para-hydroxylation sites is 1. The number of benzene rings is 2. The van der Waals surface area contributed by atoms with Crippen LogP contribution in [-0.4, -0.2) is 239 Å². The maximum atomic E-state index is 15.4. The van der Waals surface area contributed by atoms with Gasteiger partial charge in [0.1, 0.15) is 90.4 Å². The van der Waals surface area contributed by atoms with Crippen LogP contribution >= 0.6 is 15.9 Å². The summed E-state index contributed by atoms with van der Waals surface area (Å²) in [6.07, 6.45) is -2.23. The number of aliphatic imine (C=N–C) groups is 2. The summed E-state index contributed by atoms with van der Waals surface area (Å²) in [6, 6.07) is -7.45. The molecule has 3 aliphatic heterocycles. The van der Waals surface area contributed by atoms with E-state index in [-0.39, 0.29) is 101 Å². The standard InChI is InChI=1S/C74H108BrN19O20S.Na/c1-11-74(9,10)58(92-67(106)57(73(6,7)8)91-65(104)52-21-15-29-93(52)69(108)48(86-59(98)38(4)82-36-95)31-40-22-24-42(75)25-23-40)68(107)85-47(32-41-34-81-44-18-13-12-17-43(41)44)62(101)83-45(19-14-28-80-72(78)79)60(99)88-50(35-115(111,112)113)63(102)90-56-39(5)114-71(110)49(33-54(77)97)87-64(103)51-20-16-30-94(51)70(109)55(37(2)3)89-61(100)46(84-66(56)105)26-27-53(76)96;/h12-13,17-18,22-25,34,36-39,45-52,55-58,81H,11,14-16,19-21,26-33,35H2,1-10H3,(H2,76,96)(H2,77,97)(H,82,95)(H,83,101)(H,84,105)(H,85,107)(H,86,98)(H,87,103)(H,88,99)(H,89,100)(H,90,102)(H,91,104)(H,92,106)(H4,78,79,80)(H,111,112,113);/q;+1/p-1/t38-,39-,45+,46+,47+,48?,49-,50-,51-,52-,55-,56+,57?,58-;/m0./s1. The van der Waals surface area contributed by atoms with Crippen molar-refractivity contribution < 1.29 is 124 Å². The molecule has 2 unspecified atom stereocenters. The molecule has 1 aromatic heterocycles. The minimum Gasteiger partial charge on any atom is -0.864 e. The Hall–Kier alpha value is -9.84. The Bertz CT molecular complexity index is 4270. The maximum absolute atomic E-state index is 15.4. The fourth-order valence-electron chi connectivity index (χ4n) is 13.4. The fraction of sp³-hybridized carbons (Fsp3) is 0.581. The SMILES string of the molecule is CCC(C)(C)[C@@H](NC(=O)C(NC(=O)[C@@H]1CCCN1C(=O)C(Cc1ccc(Br)cc1)NC(=O)[C@H](C)N=C[O-])C(C)(C)C)C(=O)N[C@H](Cc1c[nH]c2ccccc12)C(=O)N[C@H](CCCN=C(N)N)C(=O)N[C@@H](CS(=O)(=O)O)C(=O)N[C@H]1C(=O)N[C@H](CCC(N)=O)C(=O)N[C@@H](C(C)C)C(=O)N2CCC[C@H]2C(=O)N[C@@H](CC(N)=O)C(=O)O[C@H]1C.[Na+]. The summed E-state index contributed by atoms with van der Waals surface area (Å²) in [5.41, 5.74) is 21.6. The second-order valence-corrected chi connectivity index (χ2v) is 33.3. The average molecular weight is 1720 g/mol. The van der Waals surface area contributed by atoms with Crippen LogP contribution in [0, 0.1) is 16.7 Å². The molecule has 4 heterocycles. The quantitative estimate of drug-likeness (QED) is 0.00660. The molecule has 20 N–H and O–H groups in total. The Kier molecular flexibility index (Phi) is 36.2. The van der Waals surface area contributed by atoms with E-state index in [9.17, 15) is 70.8 Å². The van der Waals surface area contributed by atoms with Crippen molar-refractivity contribution in [2.24, 2.45) is 49.7 Å². The first-order valence-electron chi connectivity index (χ1n) is 37.7. The number of aromatic amines is 1. The Morgan fingerprint density at radius 2 is 1.34 bits per heavy atom. The number of fused-ring (bicyclic) bond motifs is 2. The number of esters is 1. The minimum atomic E-state index is -5.39. The summed E-state index contributed by atoms with van der Waals surface area (Å²) in [4.78, 5) is 228. The number of carbonyl (C=O) groups is 15. The third kappa shape index (κ3) is 27.9. The van der Waals surface area contributed by atoms with Gasteiger partial charge in [0.15, 0.2) is 5.96 Å². The number of hydrogen-bond acceptors (Lipinski definition) is 21. The molecule has 6 rings (SSSR count). The average Bonchev–Trinajstić information content (AvgIpc) is 1.54. The third-order valence-corrected chi connectivity index (χ3v) is 21.5. The molecule has 632 valence electrons. The molecule has 0 saturated carbocycles. The number of cyclic esters (lactones) is 1. The van der Waals surface area contributed by atoms with E-state index in [0.717, 1.165) is 16.3 Å². The number of likely N-dealkylation sites (tertiary alicyclic amines) is 1. The van der Waals surface area contributed by atoms with Crippen LogP contribution in [0.3, 0.4) is 0 Å². The molecule has 14 atom stereocenters. The van der Waals surface area contributed by atoms with Crippen LogP contribution in [0.4, 0.5) is 0 Å². The van der Waals surface area contributed by atoms with Gasteiger partial charge in [0.25, 0.3) is 10.1 Å². The Balaban J connectivity index is 0.0000240. The van der Waals surface area contributed by atoms with Gasteiger partial charge in [-0.25, -0.2) is 4.79 Å². The monoisotopic (exact) mass is 1720 g/mol. The van der Waals surface area contributed by atoms with Gasteiger partial charge in [0.2, 0.25) is 82.7 Å². The van der Waals surface area contributed by atoms with Crippen molar-refractivity contribution in [3.05, 3.63) is 70.3 Å². The molecule has 14 amide bonds. The number of nitrogens with zero attached hydrogens (tertiary/aromatic N) is 4. The van der Waals surface area contributed by atoms with Crippen molar-refractivity contribution in [3.8, 4) is 0 Å². The van der Waals surface area contributed by atoms with Crippen LogP contribution in [0.2, 0.25) is 0 Å². The van der Waals surface area contributed by atoms with Gasteiger partial charge in [-0.3, -0.25) is 81.7 Å². The number of guanidine groups is 1. The van der Waals surface area contributed by atoms with Crippen molar-refractivity contribution in [2.75, 3.05) is 25.4 Å². The van der Waals surface area contributed by atoms with Crippen LogP contribution < -0.4 is 111 Å². The molecule has 3 fully saturated rings. The van der Waals surface area contributed by atoms with Gasteiger partial charge < -0.3 is 101 Å². The van der Waals surface area contributed by atoms with Crippen LogP contribution in [0.5, 0.6) is 0 Å². The van der Waals surface area contributed by atoms with E-state index in [1.807, 2.05) is 0 Å². The Morgan fingerprint density at radius 3 is 1.95 bits per heavy atom. The zero-order valence-corrected chi connectivity index (χ0v) is 71.2. The molecular formula is C74H107BrN19NaO20S. The molecule has 3 aliphatic rings. The summed E-state index contributed by atoms with van der Waals surface area (Å²) in [5, 5.41) is 37.1. The number of ether oxygens (including phenoxy) is 1. The molecule has 0 aliphatic carbocycles. The third-order valence-electron chi connectivity index (χ3n) is 20.2. The van der Waals surface area contributed by atoms with Gasteiger partial charge in [-0.1, -0.05) is 108 Å². The molecule has 39 nitrogen and oxygen atoms in total. The van der Waals surface area contributed by atoms with Crippen molar-refractivity contribution in [1.82, 2.24) is 68.0 Å². The number of halogens is 1. The summed E-state index contributed by atoms with van der Waals surface area (Å²) in [6.45, 7) is 15.3. The summed E-state index contributed by atoms with van der Waals surface area (Å²) >= 11 is 3.39. The molecule has 0 bridgehead atoms. The van der Waals surface area contributed by atoms with E-state index >= 15 is 19.2 Å². The number of hydrogen-bond donors (Lipinski definition) is 16. The predicted molar refractivity (Wildman–Crippen MR) is 419 cm³/mol. The largest absolute Gasteiger partial charge is 1.00 e. The number of nitrogens with two attached hydrogens (primary N) is 4. The zero-order chi connectivity index (χ0) is 85.7. The van der Waals surface area contributed by atoms with Crippen LogP contribution in [-0.2, 0) is 99.6 Å². The van der Waals surface area contributed by atoms with Gasteiger partial charge in [-0.15, -0.1) is 0 Å². The molecule has 116 heavy (non-hydrogen) atoms. The maximum Gasteiger partial charge on any atom is 1.00 e. The van der Waals surface area contributed by atoms with E-state index in [0.29, 0.717) is 28.5 Å². The summed E-state index contributed by atoms with van der Waals surface area (Å²) in [7, 11) is -5.39. The van der Waals surface area contributed by atoms with E-state index in [1.54, 1.807) is 110 Å². The molecular weight excluding hydrogens is 1610 g/mol. The molecule has 3 saturated heterocycles. The predicted octanol–water partition coefficient (Wildman–Crippen LogP) is -6.51. The van der Waals surface area contributed by atoms with Crippen molar-refractivity contribution in [1.29, 1.82) is 0 Å². The van der Waals surface area contributed by atoms with Crippen molar-refractivity contribution >= 4 is 138 Å². The fourth-order valence-corrected chi connectivity index (χ4v) is 14.3. The Morgan fingerprint density at radius 1 is 0.724 bits per heavy atom. The van der Waals surface area contributed by atoms with Gasteiger partial charge in [-0.2, -0.15) is 8.42 Å². The van der Waals surface area contributed by atoms with Gasteiger partial charge in [-0.05, 0) is 111 Å². The first-order chi connectivity index (χ1) is 53.8. The molecule has 42 heteroatoms. The molecule has 0 radical (unpaired) electrons. The molecule has 0 spiro atoms. The smallest absolute Gasteiger partial charge is 0.864 e. The van der Waals surface area contributed by atoms with E-state index in [1.165, 1.54) is 11.8 Å². The zero-order valence-electron chi connectivity index (χ0n) is 66.8. The minimum absolute atomic E-state index is 0. The normalized spacial score (nSPS) is 20.9. The topological polar surface area (TPSA) is 614 Å². The van der Waals surface area contributed by atoms with Crippen LogP contribution in [0.15, 0.2) is 69.2 Å². The Labute approximate surface area is 702 Å². The van der Waals surface area contributed by atoms with E-state index < -0.39 is 238 Å². The summed E-state index contributed by atoms with van der Waals surface area (Å²) in [5.74, 6) is -18.6. The van der Waals surface area contributed by atoms with Crippen LogP contribution in [0.25, 0.3) is 10.9 Å². The van der Waals surface area contributed by atoms with Gasteiger partial charge >= 0.3 is 35.5 Å². The number of primary amides is 2. The number of rotatable bonds is 34. The first kappa shape index (κ1) is 96.7. The second kappa shape index (κ2) is 43.4. The first-order valence-corrected chi connectivity index (χ1v) is 40.1. The van der Waals surface area contributed by atoms with E-state index in [2.05, 4.69) is 84.1 Å². The van der Waals surface area contributed by atoms with Crippen molar-refractivity contribution in [3.63, 3.8) is 0 Å².